The lowest BCUT2D eigenvalue weighted by Crippen LogP contribution is -2.86. The lowest BCUT2D eigenvalue weighted by Gasteiger charge is -2.67. The molecule has 0 radical (unpaired) electrons. The van der Waals surface area contributed by atoms with E-state index >= 15 is 0 Å². The van der Waals surface area contributed by atoms with Crippen molar-refractivity contribution in [2.24, 2.45) is 7.05 Å². The van der Waals surface area contributed by atoms with Crippen molar-refractivity contribution in [1.82, 2.24) is 19.4 Å². The Morgan fingerprint density at radius 1 is 0.684 bits per heavy atom. The predicted octanol–water partition coefficient (Wildman–Crippen LogP) is 12.4. The molecule has 0 bridgehead atoms. The highest BCUT2D eigenvalue weighted by molar-refractivity contribution is 6.17. The van der Waals surface area contributed by atoms with Gasteiger partial charge in [-0.05, 0) is 86.3 Å². The maximum absolute atomic E-state index is 5.64. The van der Waals surface area contributed by atoms with Gasteiger partial charge in [-0.15, -0.1) is 0 Å². The number of fused-ring (bicyclic) bond motifs is 12. The maximum Gasteiger partial charge on any atom is 0.290 e. The number of hydrogen-bond acceptors (Lipinski definition) is 3. The maximum atomic E-state index is 5.64. The summed E-state index contributed by atoms with van der Waals surface area (Å²) < 4.78 is 5.24. The van der Waals surface area contributed by atoms with Gasteiger partial charge in [-0.1, -0.05) is 158 Å². The van der Waals surface area contributed by atoms with Gasteiger partial charge in [-0.2, -0.15) is 4.57 Å². The van der Waals surface area contributed by atoms with E-state index in [4.69, 9.17) is 4.98 Å². The Morgan fingerprint density at radius 3 is 2.00 bits per heavy atom. The molecule has 57 heavy (non-hydrogen) atoms. The van der Waals surface area contributed by atoms with Crippen molar-refractivity contribution in [2.45, 2.75) is 134 Å². The Kier molecular flexibility index (Phi) is 8.09. The molecule has 290 valence electrons. The standard InChI is InChI=1S/C52H58N5/c1-33(2)44-40-25-17-16-20-35(40)31-42-46-49(54(6)47(42)44)48-45-41-28-27-37(51(3,4)5)30-36(41)26-29-43(45)52(55(48)32-53-46)56(38-21-12-8-13-22-38)50(34-18-10-7-11-19-34)57(52)39-23-14-9-15-24-39/h7,10-11,16-20,25-33,38-39,50H,8-9,12-15,21-24H2,1-6H3/q+1. The molecule has 4 heterocycles. The fourth-order valence-electron chi connectivity index (χ4n) is 12.2. The van der Waals surface area contributed by atoms with E-state index in [-0.39, 0.29) is 11.6 Å². The molecule has 0 amide bonds. The zero-order chi connectivity index (χ0) is 38.8. The molecule has 3 fully saturated rings. The first-order valence-corrected chi connectivity index (χ1v) is 22.1. The second-order valence-corrected chi connectivity index (χ2v) is 19.3. The van der Waals surface area contributed by atoms with E-state index in [0.29, 0.717) is 18.0 Å². The smallest absolute Gasteiger partial charge is 0.290 e. The lowest BCUT2D eigenvalue weighted by molar-refractivity contribution is -0.823. The number of nitrogens with zero attached hydrogens (tertiary/aromatic N) is 5. The monoisotopic (exact) mass is 752 g/mol. The van der Waals surface area contributed by atoms with Gasteiger partial charge in [0.1, 0.15) is 5.52 Å². The molecule has 2 aromatic heterocycles. The van der Waals surface area contributed by atoms with Crippen LogP contribution in [0, 0.1) is 0 Å². The zero-order valence-electron chi connectivity index (χ0n) is 34.9. The van der Waals surface area contributed by atoms with Crippen LogP contribution in [-0.2, 0) is 18.2 Å². The average Bonchev–Trinajstić information content (AvgIpc) is 3.69. The molecule has 4 aliphatic rings. The minimum absolute atomic E-state index is 0.0653. The van der Waals surface area contributed by atoms with Crippen molar-refractivity contribution in [3.05, 3.63) is 120 Å². The predicted molar refractivity (Wildman–Crippen MR) is 235 cm³/mol. The van der Waals surface area contributed by atoms with E-state index in [9.17, 15) is 0 Å². The minimum Gasteiger partial charge on any atom is -0.337 e. The van der Waals surface area contributed by atoms with E-state index in [1.54, 1.807) is 0 Å². The minimum atomic E-state index is -0.477. The number of aromatic nitrogens is 3. The van der Waals surface area contributed by atoms with E-state index in [1.807, 2.05) is 0 Å². The summed E-state index contributed by atoms with van der Waals surface area (Å²) in [5.74, 6) is -0.116. The van der Waals surface area contributed by atoms with Gasteiger partial charge in [0.2, 0.25) is 5.52 Å². The molecule has 5 aromatic carbocycles. The quantitative estimate of drug-likeness (QED) is 0.168. The van der Waals surface area contributed by atoms with Gasteiger partial charge in [-0.25, -0.2) is 9.80 Å². The Balaban J connectivity index is 1.30. The van der Waals surface area contributed by atoms with Gasteiger partial charge < -0.3 is 4.57 Å². The second-order valence-electron chi connectivity index (χ2n) is 19.3. The van der Waals surface area contributed by atoms with Crippen molar-refractivity contribution in [3.63, 3.8) is 0 Å². The number of benzene rings is 5. The molecule has 0 N–H and O–H groups in total. The van der Waals surface area contributed by atoms with Crippen molar-refractivity contribution >= 4 is 43.5 Å². The number of hydrogen-bond donors (Lipinski definition) is 0. The molecule has 0 atom stereocenters. The molecule has 11 rings (SSSR count). The summed E-state index contributed by atoms with van der Waals surface area (Å²) in [5.41, 5.74) is 12.2. The highest BCUT2D eigenvalue weighted by atomic mass is 15.7. The van der Waals surface area contributed by atoms with Crippen molar-refractivity contribution < 1.29 is 4.57 Å². The summed E-state index contributed by atoms with van der Waals surface area (Å²) >= 11 is 0. The highest BCUT2D eigenvalue weighted by Gasteiger charge is 2.71. The molecule has 7 aromatic rings. The van der Waals surface area contributed by atoms with Crippen LogP contribution in [0.3, 0.4) is 0 Å². The molecule has 5 heteroatoms. The zero-order valence-corrected chi connectivity index (χ0v) is 34.9. The fraction of sp³-hybridized carbons (Fsp3) is 0.423. The van der Waals surface area contributed by atoms with E-state index in [0.717, 1.165) is 5.52 Å². The van der Waals surface area contributed by atoms with Gasteiger partial charge in [-0.3, -0.25) is 0 Å². The summed E-state index contributed by atoms with van der Waals surface area (Å²) in [6.07, 6.45) is 15.3. The molecule has 1 saturated heterocycles. The topological polar surface area (TPSA) is 28.2 Å². The highest BCUT2D eigenvalue weighted by Crippen LogP contribution is 2.61. The SMILES string of the molecule is CC(C)c1c2ccccc2cc2c3nc[n+]4c(c3n(C)c12)-c1c(ccc2cc(C(C)(C)C)ccc12)C41N(C2CCCCC2)C(c2ccccc2)N1C1CCCCC1. The molecule has 0 unspecified atom stereocenters. The third-order valence-electron chi connectivity index (χ3n) is 14.7. The molecule has 5 nitrogen and oxygen atoms in total. The van der Waals surface area contributed by atoms with Gasteiger partial charge >= 0.3 is 0 Å². The van der Waals surface area contributed by atoms with Crippen molar-refractivity contribution in [3.8, 4) is 11.3 Å². The van der Waals surface area contributed by atoms with Gasteiger partial charge in [0.05, 0.1) is 17.1 Å². The van der Waals surface area contributed by atoms with E-state index in [1.165, 1.54) is 136 Å². The summed E-state index contributed by atoms with van der Waals surface area (Å²) in [6, 6.07) is 36.3. The Hall–Kier alpha value is -4.58. The Labute approximate surface area is 338 Å². The van der Waals surface area contributed by atoms with Crippen LogP contribution in [0.4, 0.5) is 0 Å². The summed E-state index contributed by atoms with van der Waals surface area (Å²) in [6.45, 7) is 11.7. The third kappa shape index (κ3) is 4.94. The molecular formula is C52H58N5+. The van der Waals surface area contributed by atoms with Crippen LogP contribution < -0.4 is 4.57 Å². The second kappa shape index (κ2) is 13.0. The third-order valence-corrected chi connectivity index (χ3v) is 14.7. The first-order valence-electron chi connectivity index (χ1n) is 22.1. The summed E-state index contributed by atoms with van der Waals surface area (Å²) in [4.78, 5) is 11.7. The van der Waals surface area contributed by atoms with E-state index < -0.39 is 5.79 Å². The first kappa shape index (κ1) is 35.6. The Morgan fingerprint density at radius 2 is 1.33 bits per heavy atom. The van der Waals surface area contributed by atoms with Crippen LogP contribution in [0.5, 0.6) is 0 Å². The van der Waals surface area contributed by atoms with Crippen molar-refractivity contribution in [1.29, 1.82) is 0 Å². The first-order chi connectivity index (χ1) is 27.7. The van der Waals surface area contributed by atoms with Crippen LogP contribution in [0.25, 0.3) is 54.7 Å². The Bertz CT molecular complexity index is 2680. The normalized spacial score (nSPS) is 22.3. The molecular weight excluding hydrogens is 695 g/mol. The molecule has 1 spiro atoms. The largest absolute Gasteiger partial charge is 0.337 e. The average molecular weight is 753 g/mol. The van der Waals surface area contributed by atoms with Gasteiger partial charge in [0, 0.05) is 30.3 Å². The molecule has 2 saturated carbocycles. The van der Waals surface area contributed by atoms with Crippen LogP contribution in [-0.4, -0.2) is 31.4 Å². The van der Waals surface area contributed by atoms with Gasteiger partial charge in [0.25, 0.3) is 12.1 Å². The van der Waals surface area contributed by atoms with Crippen molar-refractivity contribution in [2.75, 3.05) is 0 Å². The van der Waals surface area contributed by atoms with Crippen LogP contribution in [0.15, 0.2) is 97.3 Å². The lowest BCUT2D eigenvalue weighted by atomic mass is 9.80. The summed E-state index contributed by atoms with van der Waals surface area (Å²) in [7, 11) is 2.33. The fourth-order valence-corrected chi connectivity index (χ4v) is 12.2. The molecule has 2 aliphatic heterocycles. The van der Waals surface area contributed by atoms with Crippen LogP contribution in [0.2, 0.25) is 0 Å². The van der Waals surface area contributed by atoms with E-state index in [2.05, 4.69) is 158 Å². The summed E-state index contributed by atoms with van der Waals surface area (Å²) in [5, 5.41) is 6.59. The number of aryl methyl sites for hydroxylation is 1. The van der Waals surface area contributed by atoms with Crippen LogP contribution >= 0.6 is 0 Å². The van der Waals surface area contributed by atoms with Gasteiger partial charge in [0.15, 0.2) is 5.69 Å². The molecule has 2 aliphatic carbocycles. The van der Waals surface area contributed by atoms with Crippen LogP contribution in [0.1, 0.15) is 133 Å². The number of rotatable bonds is 4.